The van der Waals surface area contributed by atoms with E-state index in [1.807, 2.05) is 36.4 Å². The van der Waals surface area contributed by atoms with Gasteiger partial charge in [0.2, 0.25) is 0 Å². The third-order valence-corrected chi connectivity index (χ3v) is 4.83. The van der Waals surface area contributed by atoms with Crippen molar-refractivity contribution in [3.8, 4) is 0 Å². The van der Waals surface area contributed by atoms with E-state index in [9.17, 15) is 14.4 Å². The van der Waals surface area contributed by atoms with Crippen LogP contribution in [0, 0.1) is 0 Å². The summed E-state index contributed by atoms with van der Waals surface area (Å²) in [4.78, 5) is 40.3. The molecule has 2 aromatic carbocycles. The highest BCUT2D eigenvalue weighted by atomic mass is 16.5. The molecule has 1 unspecified atom stereocenters. The lowest BCUT2D eigenvalue weighted by molar-refractivity contribution is -0.149. The molecule has 6 heteroatoms. The van der Waals surface area contributed by atoms with Gasteiger partial charge in [0.25, 0.3) is 5.91 Å². The molecule has 0 radical (unpaired) electrons. The molecular formula is C20H18N2O4. The molecule has 0 spiro atoms. The number of hydrogen-bond donors (Lipinski definition) is 0. The molecule has 0 aromatic heterocycles. The second-order valence-corrected chi connectivity index (χ2v) is 6.47. The normalized spacial score (nSPS) is 21.2. The molecule has 6 nitrogen and oxygen atoms in total. The third-order valence-electron chi connectivity index (χ3n) is 4.83. The molecule has 0 aliphatic carbocycles. The molecule has 2 bridgehead atoms. The van der Waals surface area contributed by atoms with Crippen LogP contribution in [-0.4, -0.2) is 46.3 Å². The number of imide groups is 1. The maximum absolute atomic E-state index is 12.6. The van der Waals surface area contributed by atoms with Crippen molar-refractivity contribution in [1.82, 2.24) is 9.80 Å². The number of benzene rings is 2. The van der Waals surface area contributed by atoms with Crippen LogP contribution in [0.4, 0.5) is 4.79 Å². The average molecular weight is 350 g/mol. The van der Waals surface area contributed by atoms with Crippen LogP contribution in [-0.2, 0) is 16.1 Å². The Morgan fingerprint density at radius 1 is 1.00 bits per heavy atom. The van der Waals surface area contributed by atoms with E-state index in [2.05, 4.69) is 0 Å². The lowest BCUT2D eigenvalue weighted by Gasteiger charge is -2.29. The number of amides is 3. The highest BCUT2D eigenvalue weighted by Crippen LogP contribution is 2.33. The van der Waals surface area contributed by atoms with Gasteiger partial charge in [0, 0.05) is 18.5 Å². The van der Waals surface area contributed by atoms with E-state index < -0.39 is 18.0 Å². The number of fused-ring (bicyclic) bond motifs is 2. The first-order chi connectivity index (χ1) is 12.6. The zero-order valence-corrected chi connectivity index (χ0v) is 14.1. The van der Waals surface area contributed by atoms with E-state index in [0.29, 0.717) is 18.5 Å². The number of ether oxygens (including phenoxy) is 1. The number of esters is 1. The van der Waals surface area contributed by atoms with Gasteiger partial charge < -0.3 is 9.64 Å². The fraction of sp³-hybridized carbons (Fsp3) is 0.250. The van der Waals surface area contributed by atoms with E-state index in [0.717, 1.165) is 5.56 Å². The second kappa shape index (κ2) is 6.63. The molecule has 132 valence electrons. The number of urea groups is 1. The molecule has 3 amide bonds. The van der Waals surface area contributed by atoms with Crippen LogP contribution in [0.2, 0.25) is 0 Å². The molecule has 2 saturated heterocycles. The largest absolute Gasteiger partial charge is 0.459 e. The van der Waals surface area contributed by atoms with Crippen molar-refractivity contribution in [2.75, 3.05) is 6.54 Å². The summed E-state index contributed by atoms with van der Waals surface area (Å²) in [5.74, 6) is -0.740. The van der Waals surface area contributed by atoms with Gasteiger partial charge in [-0.05, 0) is 17.7 Å². The Labute approximate surface area is 151 Å². The van der Waals surface area contributed by atoms with Gasteiger partial charge in [-0.15, -0.1) is 0 Å². The number of nitrogens with zero attached hydrogens (tertiary/aromatic N) is 2. The number of carbonyl (C=O) groups is 3. The molecule has 26 heavy (non-hydrogen) atoms. The molecule has 4 rings (SSSR count). The van der Waals surface area contributed by atoms with Gasteiger partial charge in [-0.1, -0.05) is 48.5 Å². The average Bonchev–Trinajstić information content (AvgIpc) is 3.25. The van der Waals surface area contributed by atoms with Gasteiger partial charge in [-0.2, -0.15) is 0 Å². The van der Waals surface area contributed by atoms with E-state index in [-0.39, 0.29) is 18.6 Å². The molecule has 0 saturated carbocycles. The molecule has 2 atom stereocenters. The minimum absolute atomic E-state index is 0.176. The smallest absolute Gasteiger partial charge is 0.329 e. The fourth-order valence-corrected chi connectivity index (χ4v) is 3.53. The first-order valence-corrected chi connectivity index (χ1v) is 8.55. The van der Waals surface area contributed by atoms with Crippen molar-refractivity contribution in [1.29, 1.82) is 0 Å². The summed E-state index contributed by atoms with van der Waals surface area (Å²) in [6, 6.07) is 16.8. The Kier molecular flexibility index (Phi) is 4.16. The first kappa shape index (κ1) is 16.3. The zero-order chi connectivity index (χ0) is 18.1. The third kappa shape index (κ3) is 2.83. The van der Waals surface area contributed by atoms with Gasteiger partial charge in [0.05, 0.1) is 6.04 Å². The predicted molar refractivity (Wildman–Crippen MR) is 93.1 cm³/mol. The summed E-state index contributed by atoms with van der Waals surface area (Å²) in [6.07, 6.45) is 0.415. The first-order valence-electron chi connectivity index (χ1n) is 8.55. The Morgan fingerprint density at radius 2 is 1.65 bits per heavy atom. The minimum Gasteiger partial charge on any atom is -0.459 e. The van der Waals surface area contributed by atoms with Gasteiger partial charge in [0.15, 0.2) is 0 Å². The summed E-state index contributed by atoms with van der Waals surface area (Å²) in [5.41, 5.74) is 1.36. The number of carbonyl (C=O) groups excluding carboxylic acids is 3. The quantitative estimate of drug-likeness (QED) is 0.795. The van der Waals surface area contributed by atoms with Crippen LogP contribution in [0.3, 0.4) is 0 Å². The van der Waals surface area contributed by atoms with E-state index in [4.69, 9.17) is 4.74 Å². The summed E-state index contributed by atoms with van der Waals surface area (Å²) in [5, 5.41) is 0. The standard InChI is InChI=1S/C20H18N2O4/c23-18(15-9-5-2-6-10-15)22-16-11-17(21(12-16)20(22)25)19(24)26-13-14-7-3-1-4-8-14/h1-10,16-17H,11-13H2/t16-,17?/m0/s1. The van der Waals surface area contributed by atoms with E-state index in [1.165, 1.54) is 9.80 Å². The minimum atomic E-state index is -0.615. The summed E-state index contributed by atoms with van der Waals surface area (Å²) < 4.78 is 5.36. The van der Waals surface area contributed by atoms with Crippen LogP contribution in [0.15, 0.2) is 60.7 Å². The molecule has 0 N–H and O–H groups in total. The van der Waals surface area contributed by atoms with Crippen molar-refractivity contribution in [2.45, 2.75) is 25.1 Å². The summed E-state index contributed by atoms with van der Waals surface area (Å²) in [7, 11) is 0. The van der Waals surface area contributed by atoms with Gasteiger partial charge in [-0.25, -0.2) is 9.59 Å². The molecule has 2 fully saturated rings. The Morgan fingerprint density at radius 3 is 2.31 bits per heavy atom. The fourth-order valence-electron chi connectivity index (χ4n) is 3.53. The summed E-state index contributed by atoms with van der Waals surface area (Å²) in [6.45, 7) is 0.554. The van der Waals surface area contributed by atoms with Crippen LogP contribution in [0.1, 0.15) is 22.3 Å². The predicted octanol–water partition coefficient (Wildman–Crippen LogP) is 2.45. The summed E-state index contributed by atoms with van der Waals surface area (Å²) >= 11 is 0. The lowest BCUT2D eigenvalue weighted by atomic mass is 10.1. The highest BCUT2D eigenvalue weighted by molar-refractivity contribution is 6.07. The second-order valence-electron chi connectivity index (χ2n) is 6.47. The van der Waals surface area contributed by atoms with Crippen molar-refractivity contribution < 1.29 is 19.1 Å². The van der Waals surface area contributed by atoms with E-state index >= 15 is 0 Å². The van der Waals surface area contributed by atoms with Crippen LogP contribution < -0.4 is 0 Å². The van der Waals surface area contributed by atoms with Crippen LogP contribution >= 0.6 is 0 Å². The van der Waals surface area contributed by atoms with Crippen molar-refractivity contribution in [2.24, 2.45) is 0 Å². The molecule has 2 heterocycles. The monoisotopic (exact) mass is 350 g/mol. The Bertz CT molecular complexity index is 837. The highest BCUT2D eigenvalue weighted by Gasteiger charge is 2.53. The topological polar surface area (TPSA) is 66.9 Å². The van der Waals surface area contributed by atoms with Crippen LogP contribution in [0.5, 0.6) is 0 Å². The maximum Gasteiger partial charge on any atom is 0.329 e. The SMILES string of the molecule is O=C(OCc1ccccc1)C1C[C@H]2CN1C(=O)N2C(=O)c1ccccc1. The number of rotatable bonds is 4. The zero-order valence-electron chi connectivity index (χ0n) is 14.1. The van der Waals surface area contributed by atoms with Gasteiger partial charge in [0.1, 0.15) is 12.6 Å². The molecule has 2 aromatic rings. The molecule has 2 aliphatic heterocycles. The van der Waals surface area contributed by atoms with Crippen LogP contribution in [0.25, 0.3) is 0 Å². The Balaban J connectivity index is 1.41. The van der Waals surface area contributed by atoms with Crippen molar-refractivity contribution in [3.63, 3.8) is 0 Å². The molecular weight excluding hydrogens is 332 g/mol. The maximum atomic E-state index is 12.6. The number of hydrogen-bond acceptors (Lipinski definition) is 4. The Hall–Kier alpha value is -3.15. The van der Waals surface area contributed by atoms with E-state index in [1.54, 1.807) is 24.3 Å². The van der Waals surface area contributed by atoms with Crippen molar-refractivity contribution in [3.05, 3.63) is 71.8 Å². The van der Waals surface area contributed by atoms with Gasteiger partial charge >= 0.3 is 12.0 Å². The van der Waals surface area contributed by atoms with Crippen molar-refractivity contribution >= 4 is 17.9 Å². The lowest BCUT2D eigenvalue weighted by Crippen LogP contribution is -2.50. The molecule has 2 aliphatic rings. The van der Waals surface area contributed by atoms with Gasteiger partial charge in [-0.3, -0.25) is 9.69 Å².